The van der Waals surface area contributed by atoms with E-state index in [0.29, 0.717) is 17.1 Å². The highest BCUT2D eigenvalue weighted by Crippen LogP contribution is 2.34. The number of carbonyl (C=O) groups excluding carboxylic acids is 1. The SMILES string of the molecule is CCc1ccc2nc(N(C)C)c(C(C)=O)c(Nc3ccccc3)c2n1. The van der Waals surface area contributed by atoms with Gasteiger partial charge in [0.15, 0.2) is 5.78 Å². The van der Waals surface area contributed by atoms with Crippen molar-refractivity contribution >= 4 is 34.0 Å². The number of benzene rings is 1. The molecule has 0 saturated heterocycles. The fourth-order valence-electron chi connectivity index (χ4n) is 2.81. The van der Waals surface area contributed by atoms with E-state index in [-0.39, 0.29) is 5.78 Å². The monoisotopic (exact) mass is 334 g/mol. The first-order chi connectivity index (χ1) is 12.0. The molecule has 1 aromatic carbocycles. The van der Waals surface area contributed by atoms with Crippen molar-refractivity contribution in [3.8, 4) is 0 Å². The fraction of sp³-hybridized carbons (Fsp3) is 0.250. The number of aryl methyl sites for hydroxylation is 1. The maximum atomic E-state index is 12.4. The van der Waals surface area contributed by atoms with Crippen molar-refractivity contribution in [3.05, 3.63) is 53.7 Å². The lowest BCUT2D eigenvalue weighted by Crippen LogP contribution is -2.17. The Balaban J connectivity index is 2.34. The summed E-state index contributed by atoms with van der Waals surface area (Å²) in [6, 6.07) is 13.8. The van der Waals surface area contributed by atoms with Gasteiger partial charge in [-0.1, -0.05) is 25.1 Å². The van der Waals surface area contributed by atoms with Crippen LogP contribution in [0.15, 0.2) is 42.5 Å². The van der Waals surface area contributed by atoms with Crippen molar-refractivity contribution in [2.24, 2.45) is 0 Å². The molecule has 0 aliphatic carbocycles. The van der Waals surface area contributed by atoms with Crippen LogP contribution in [0.5, 0.6) is 0 Å². The van der Waals surface area contributed by atoms with E-state index >= 15 is 0 Å². The summed E-state index contributed by atoms with van der Waals surface area (Å²) in [5.74, 6) is 0.602. The standard InChI is InChI=1S/C20H22N4O/c1-5-14-11-12-16-18(21-14)19(22-15-9-7-6-8-10-15)17(13(2)25)20(23-16)24(3)4/h6-12H,5H2,1-4H3,(H,22,23). The van der Waals surface area contributed by atoms with Gasteiger partial charge in [-0.05, 0) is 37.6 Å². The second-order valence-corrected chi connectivity index (χ2v) is 6.15. The van der Waals surface area contributed by atoms with Crippen molar-refractivity contribution < 1.29 is 4.79 Å². The van der Waals surface area contributed by atoms with Crippen LogP contribution in [0.1, 0.15) is 29.9 Å². The number of rotatable bonds is 5. The number of Topliss-reactive ketones (excluding diaryl/α,β-unsaturated/α-hetero) is 1. The van der Waals surface area contributed by atoms with Crippen LogP contribution in [0.2, 0.25) is 0 Å². The number of fused-ring (bicyclic) bond motifs is 1. The number of pyridine rings is 2. The third-order valence-electron chi connectivity index (χ3n) is 4.05. The van der Waals surface area contributed by atoms with Crippen molar-refractivity contribution in [2.45, 2.75) is 20.3 Å². The van der Waals surface area contributed by atoms with Crippen LogP contribution in [0.3, 0.4) is 0 Å². The minimum absolute atomic E-state index is 0.0415. The van der Waals surface area contributed by atoms with Crippen LogP contribution >= 0.6 is 0 Å². The average Bonchev–Trinajstić information content (AvgIpc) is 2.61. The lowest BCUT2D eigenvalue weighted by atomic mass is 10.1. The summed E-state index contributed by atoms with van der Waals surface area (Å²) in [6.45, 7) is 3.63. The average molecular weight is 334 g/mol. The van der Waals surface area contributed by atoms with Gasteiger partial charge in [0, 0.05) is 25.5 Å². The number of aromatic nitrogens is 2. The molecule has 0 aliphatic rings. The molecule has 3 rings (SSSR count). The van der Waals surface area contributed by atoms with Gasteiger partial charge in [0.25, 0.3) is 0 Å². The first-order valence-electron chi connectivity index (χ1n) is 8.35. The van der Waals surface area contributed by atoms with E-state index < -0.39 is 0 Å². The molecule has 2 heterocycles. The van der Waals surface area contributed by atoms with Gasteiger partial charge < -0.3 is 10.2 Å². The van der Waals surface area contributed by atoms with Crippen LogP contribution in [-0.2, 0) is 6.42 Å². The van der Waals surface area contributed by atoms with Crippen LogP contribution in [0.4, 0.5) is 17.2 Å². The number of hydrogen-bond acceptors (Lipinski definition) is 5. The number of nitrogens with zero attached hydrogens (tertiary/aromatic N) is 3. The number of hydrogen-bond donors (Lipinski definition) is 1. The predicted molar refractivity (Wildman–Crippen MR) is 103 cm³/mol. The Morgan fingerprint density at radius 1 is 1.08 bits per heavy atom. The molecule has 0 atom stereocenters. The fourth-order valence-corrected chi connectivity index (χ4v) is 2.81. The van der Waals surface area contributed by atoms with E-state index in [1.807, 2.05) is 61.5 Å². The van der Waals surface area contributed by atoms with Gasteiger partial charge in [-0.2, -0.15) is 0 Å². The van der Waals surface area contributed by atoms with E-state index in [9.17, 15) is 4.79 Å². The Labute approximate surface area is 147 Å². The number of nitrogens with one attached hydrogen (secondary N) is 1. The van der Waals surface area contributed by atoms with Gasteiger partial charge >= 0.3 is 0 Å². The Bertz CT molecular complexity index is 920. The van der Waals surface area contributed by atoms with Gasteiger partial charge in [-0.15, -0.1) is 0 Å². The lowest BCUT2D eigenvalue weighted by Gasteiger charge is -2.20. The van der Waals surface area contributed by atoms with Gasteiger partial charge in [0.2, 0.25) is 0 Å². The maximum Gasteiger partial charge on any atom is 0.165 e. The molecular formula is C20H22N4O. The van der Waals surface area contributed by atoms with E-state index in [1.54, 1.807) is 6.92 Å². The number of anilines is 3. The molecule has 128 valence electrons. The van der Waals surface area contributed by atoms with Crippen LogP contribution in [0, 0.1) is 0 Å². The van der Waals surface area contributed by atoms with Crippen molar-refractivity contribution in [1.82, 2.24) is 9.97 Å². The molecule has 25 heavy (non-hydrogen) atoms. The van der Waals surface area contributed by atoms with Crippen LogP contribution in [-0.4, -0.2) is 29.8 Å². The highest BCUT2D eigenvalue weighted by atomic mass is 16.1. The largest absolute Gasteiger partial charge is 0.362 e. The minimum atomic E-state index is -0.0415. The molecule has 0 fully saturated rings. The third kappa shape index (κ3) is 3.31. The zero-order valence-corrected chi connectivity index (χ0v) is 15.0. The summed E-state index contributed by atoms with van der Waals surface area (Å²) >= 11 is 0. The molecule has 1 N–H and O–H groups in total. The summed E-state index contributed by atoms with van der Waals surface area (Å²) in [6.07, 6.45) is 0.825. The minimum Gasteiger partial charge on any atom is -0.362 e. The highest BCUT2D eigenvalue weighted by Gasteiger charge is 2.21. The molecule has 5 heteroatoms. The molecule has 0 bridgehead atoms. The molecule has 0 radical (unpaired) electrons. The quantitative estimate of drug-likeness (QED) is 0.709. The highest BCUT2D eigenvalue weighted by molar-refractivity contribution is 6.11. The third-order valence-corrected chi connectivity index (χ3v) is 4.05. The van der Waals surface area contributed by atoms with E-state index in [0.717, 1.165) is 28.8 Å². The maximum absolute atomic E-state index is 12.4. The smallest absolute Gasteiger partial charge is 0.165 e. The van der Waals surface area contributed by atoms with Gasteiger partial charge in [-0.3, -0.25) is 4.79 Å². The Morgan fingerprint density at radius 2 is 1.80 bits per heavy atom. The van der Waals surface area contributed by atoms with Gasteiger partial charge in [-0.25, -0.2) is 9.97 Å². The molecule has 0 saturated carbocycles. The Kier molecular flexibility index (Phi) is 4.65. The molecule has 2 aromatic heterocycles. The summed E-state index contributed by atoms with van der Waals surface area (Å²) in [7, 11) is 3.78. The zero-order valence-electron chi connectivity index (χ0n) is 15.0. The topological polar surface area (TPSA) is 58.1 Å². The first-order valence-corrected chi connectivity index (χ1v) is 8.35. The van der Waals surface area contributed by atoms with Crippen molar-refractivity contribution in [3.63, 3.8) is 0 Å². The molecule has 0 aliphatic heterocycles. The molecule has 5 nitrogen and oxygen atoms in total. The summed E-state index contributed by atoms with van der Waals surface area (Å²) in [5, 5.41) is 3.39. The van der Waals surface area contributed by atoms with Crippen LogP contribution < -0.4 is 10.2 Å². The number of para-hydroxylation sites is 1. The molecular weight excluding hydrogens is 312 g/mol. The zero-order chi connectivity index (χ0) is 18.0. The Hall–Kier alpha value is -2.95. The van der Waals surface area contributed by atoms with E-state index in [4.69, 9.17) is 4.98 Å². The molecule has 3 aromatic rings. The molecule has 0 unspecified atom stereocenters. The number of carbonyl (C=O) groups is 1. The normalized spacial score (nSPS) is 10.7. The summed E-state index contributed by atoms with van der Waals surface area (Å²) in [5.41, 5.74) is 4.64. The van der Waals surface area contributed by atoms with E-state index in [1.165, 1.54) is 0 Å². The van der Waals surface area contributed by atoms with Crippen LogP contribution in [0.25, 0.3) is 11.0 Å². The first kappa shape index (κ1) is 16.9. The predicted octanol–water partition coefficient (Wildman–Crippen LogP) is 4.20. The number of ketones is 1. The lowest BCUT2D eigenvalue weighted by molar-refractivity contribution is 0.101. The van der Waals surface area contributed by atoms with Crippen molar-refractivity contribution in [2.75, 3.05) is 24.3 Å². The summed E-state index contributed by atoms with van der Waals surface area (Å²) < 4.78 is 0. The Morgan fingerprint density at radius 3 is 2.40 bits per heavy atom. The molecule has 0 spiro atoms. The second kappa shape index (κ2) is 6.89. The van der Waals surface area contributed by atoms with Gasteiger partial charge in [0.05, 0.1) is 16.8 Å². The second-order valence-electron chi connectivity index (χ2n) is 6.15. The summed E-state index contributed by atoms with van der Waals surface area (Å²) in [4.78, 5) is 23.7. The molecule has 0 amide bonds. The van der Waals surface area contributed by atoms with Gasteiger partial charge in [0.1, 0.15) is 11.3 Å². The van der Waals surface area contributed by atoms with Crippen molar-refractivity contribution in [1.29, 1.82) is 0 Å². The van der Waals surface area contributed by atoms with E-state index in [2.05, 4.69) is 17.2 Å².